The summed E-state index contributed by atoms with van der Waals surface area (Å²) in [7, 11) is 0. The van der Waals surface area contributed by atoms with Crippen molar-refractivity contribution < 1.29 is 5.11 Å². The van der Waals surface area contributed by atoms with Gasteiger partial charge in [0.25, 0.3) is 0 Å². The monoisotopic (exact) mass is 246 g/mol. The van der Waals surface area contributed by atoms with E-state index in [1.54, 1.807) is 29.3 Å². The average Bonchev–Trinajstić information content (AvgIpc) is 3.06. The molecule has 2 heteroatoms. The van der Waals surface area contributed by atoms with Gasteiger partial charge in [-0.2, -0.15) is 0 Å². The van der Waals surface area contributed by atoms with Gasteiger partial charge >= 0.3 is 0 Å². The summed E-state index contributed by atoms with van der Waals surface area (Å²) in [5.41, 5.74) is 5.48. The minimum absolute atomic E-state index is 0.261. The smallest absolute Gasteiger partial charge is 0.115 e. The molecule has 0 heterocycles. The molecule has 0 unspecified atom stereocenters. The summed E-state index contributed by atoms with van der Waals surface area (Å²) in [5.74, 6) is 0.261. The zero-order chi connectivity index (χ0) is 12.4. The van der Waals surface area contributed by atoms with E-state index in [0.29, 0.717) is 5.02 Å². The lowest BCUT2D eigenvalue weighted by atomic mass is 10.2. The van der Waals surface area contributed by atoms with Crippen molar-refractivity contribution in [1.82, 2.24) is 0 Å². The number of aryl methyl sites for hydroxylation is 2. The van der Waals surface area contributed by atoms with Crippen molar-refractivity contribution in [2.24, 2.45) is 0 Å². The maximum absolute atomic E-state index is 8.88. The molecule has 88 valence electrons. The third-order valence-corrected chi connectivity index (χ3v) is 3.32. The first-order valence-corrected chi connectivity index (χ1v) is 5.98. The van der Waals surface area contributed by atoms with Crippen molar-refractivity contribution in [2.45, 2.75) is 20.3 Å². The van der Waals surface area contributed by atoms with Crippen molar-refractivity contribution in [2.75, 3.05) is 0 Å². The van der Waals surface area contributed by atoms with E-state index in [2.05, 4.69) is 25.1 Å². The number of hydrogen-bond acceptors (Lipinski definition) is 1. The standard InChI is InChI=1S/C8H8.C7H7ClO/c1-6-3-2-4-7-5-8(6)7;1-5-4-6(9)2-3-7(5)8/h2-4H,5H2,1H3;2-4,9H,1H3. The molecule has 0 saturated carbocycles. The molecule has 17 heavy (non-hydrogen) atoms. The highest BCUT2D eigenvalue weighted by Gasteiger charge is 2.16. The first kappa shape index (κ1) is 12.0. The van der Waals surface area contributed by atoms with Crippen molar-refractivity contribution in [3.63, 3.8) is 0 Å². The van der Waals surface area contributed by atoms with Crippen LogP contribution in [0.1, 0.15) is 22.3 Å². The van der Waals surface area contributed by atoms with Crippen LogP contribution in [0.3, 0.4) is 0 Å². The molecule has 0 radical (unpaired) electrons. The van der Waals surface area contributed by atoms with Crippen LogP contribution < -0.4 is 0 Å². The van der Waals surface area contributed by atoms with E-state index in [1.165, 1.54) is 12.0 Å². The second kappa shape index (κ2) is 4.80. The lowest BCUT2D eigenvalue weighted by molar-refractivity contribution is 0.475. The number of halogens is 1. The van der Waals surface area contributed by atoms with Gasteiger partial charge in [0.2, 0.25) is 0 Å². The van der Waals surface area contributed by atoms with E-state index in [9.17, 15) is 0 Å². The average molecular weight is 247 g/mol. The van der Waals surface area contributed by atoms with Gasteiger partial charge in [-0.3, -0.25) is 0 Å². The second-order valence-electron chi connectivity index (χ2n) is 4.32. The first-order chi connectivity index (χ1) is 8.08. The van der Waals surface area contributed by atoms with Crippen LogP contribution in [0.2, 0.25) is 5.02 Å². The maximum atomic E-state index is 8.88. The molecule has 1 aliphatic rings. The Kier molecular flexibility index (Phi) is 3.39. The molecule has 1 aliphatic carbocycles. The number of fused-ring (bicyclic) bond motifs is 1. The van der Waals surface area contributed by atoms with Crippen LogP contribution in [0, 0.1) is 13.8 Å². The van der Waals surface area contributed by atoms with Crippen LogP contribution in [0.5, 0.6) is 5.75 Å². The van der Waals surface area contributed by atoms with Crippen molar-refractivity contribution in [3.05, 3.63) is 63.7 Å². The highest BCUT2D eigenvalue weighted by molar-refractivity contribution is 6.31. The summed E-state index contributed by atoms with van der Waals surface area (Å²) < 4.78 is 0. The summed E-state index contributed by atoms with van der Waals surface area (Å²) in [6.07, 6.45) is 1.25. The number of hydrogen-bond donors (Lipinski definition) is 1. The number of phenolic OH excluding ortho intramolecular Hbond substituents is 1. The molecule has 1 nitrogen and oxygen atoms in total. The number of aromatic hydroxyl groups is 1. The Bertz CT molecular complexity index is 547. The van der Waals surface area contributed by atoms with E-state index in [-0.39, 0.29) is 5.75 Å². The predicted octanol–water partition coefficient (Wildman–Crippen LogP) is 4.25. The number of rotatable bonds is 0. The van der Waals surface area contributed by atoms with Crippen LogP contribution >= 0.6 is 11.6 Å². The van der Waals surface area contributed by atoms with E-state index in [0.717, 1.165) is 5.56 Å². The highest BCUT2D eigenvalue weighted by Crippen LogP contribution is 2.29. The molecule has 0 saturated heterocycles. The van der Waals surface area contributed by atoms with Gasteiger partial charge in [0, 0.05) is 5.02 Å². The molecule has 1 N–H and O–H groups in total. The molecule has 0 amide bonds. The van der Waals surface area contributed by atoms with E-state index in [1.807, 2.05) is 6.92 Å². The minimum atomic E-state index is 0.261. The zero-order valence-electron chi connectivity index (χ0n) is 10.00. The van der Waals surface area contributed by atoms with Crippen LogP contribution in [-0.4, -0.2) is 5.11 Å². The fourth-order valence-electron chi connectivity index (χ4n) is 1.74. The van der Waals surface area contributed by atoms with Gasteiger partial charge in [0.15, 0.2) is 0 Å². The van der Waals surface area contributed by atoms with Gasteiger partial charge in [0.05, 0.1) is 0 Å². The summed E-state index contributed by atoms with van der Waals surface area (Å²) in [5, 5.41) is 9.57. The SMILES string of the molecule is Cc1cc(O)ccc1Cl.Cc1cccc2c1C2. The summed E-state index contributed by atoms with van der Waals surface area (Å²) in [6, 6.07) is 11.4. The summed E-state index contributed by atoms with van der Waals surface area (Å²) >= 11 is 5.67. The van der Waals surface area contributed by atoms with Crippen LogP contribution in [-0.2, 0) is 6.42 Å². The maximum Gasteiger partial charge on any atom is 0.115 e. The molecule has 0 atom stereocenters. The molecule has 0 fully saturated rings. The topological polar surface area (TPSA) is 20.2 Å². The Morgan fingerprint density at radius 1 is 1.06 bits per heavy atom. The van der Waals surface area contributed by atoms with E-state index >= 15 is 0 Å². The minimum Gasteiger partial charge on any atom is -0.508 e. The first-order valence-electron chi connectivity index (χ1n) is 5.60. The molecule has 3 rings (SSSR count). The largest absolute Gasteiger partial charge is 0.508 e. The summed E-state index contributed by atoms with van der Waals surface area (Å²) in [4.78, 5) is 0. The molecule has 0 aliphatic heterocycles. The Hall–Kier alpha value is -1.47. The zero-order valence-corrected chi connectivity index (χ0v) is 10.8. The van der Waals surface area contributed by atoms with Gasteiger partial charge in [-0.25, -0.2) is 0 Å². The number of phenols is 1. The van der Waals surface area contributed by atoms with Gasteiger partial charge in [-0.05, 0) is 60.7 Å². The molecular weight excluding hydrogens is 232 g/mol. The lowest BCUT2D eigenvalue weighted by Gasteiger charge is -1.95. The Labute approximate surface area is 107 Å². The third-order valence-electron chi connectivity index (χ3n) is 2.89. The predicted molar refractivity (Wildman–Crippen MR) is 71.8 cm³/mol. The van der Waals surface area contributed by atoms with Gasteiger partial charge in [-0.15, -0.1) is 0 Å². The van der Waals surface area contributed by atoms with Gasteiger partial charge < -0.3 is 5.11 Å². The molecular formula is C15H15ClO. The molecule has 0 aromatic heterocycles. The van der Waals surface area contributed by atoms with E-state index < -0.39 is 0 Å². The van der Waals surface area contributed by atoms with E-state index in [4.69, 9.17) is 16.7 Å². The van der Waals surface area contributed by atoms with Crippen LogP contribution in [0.4, 0.5) is 0 Å². The summed E-state index contributed by atoms with van der Waals surface area (Å²) in [6.45, 7) is 4.02. The Balaban J connectivity index is 0.000000127. The Morgan fingerprint density at radius 2 is 1.82 bits per heavy atom. The molecule has 0 bridgehead atoms. The van der Waals surface area contributed by atoms with Crippen LogP contribution in [0.25, 0.3) is 0 Å². The fraction of sp³-hybridized carbons (Fsp3) is 0.200. The molecule has 0 spiro atoms. The highest BCUT2D eigenvalue weighted by atomic mass is 35.5. The van der Waals surface area contributed by atoms with Gasteiger partial charge in [0.1, 0.15) is 5.75 Å². The fourth-order valence-corrected chi connectivity index (χ4v) is 1.85. The van der Waals surface area contributed by atoms with Crippen LogP contribution in [0.15, 0.2) is 36.4 Å². The second-order valence-corrected chi connectivity index (χ2v) is 4.73. The third kappa shape index (κ3) is 3.01. The Morgan fingerprint density at radius 3 is 2.35 bits per heavy atom. The normalized spacial score (nSPS) is 11.2. The quantitative estimate of drug-likeness (QED) is 0.629. The molecule has 2 aromatic carbocycles. The number of benzene rings is 2. The molecule has 2 aromatic rings. The lowest BCUT2D eigenvalue weighted by Crippen LogP contribution is -1.71. The van der Waals surface area contributed by atoms with Crippen molar-refractivity contribution in [3.8, 4) is 5.75 Å². The van der Waals surface area contributed by atoms with Crippen molar-refractivity contribution in [1.29, 1.82) is 0 Å². The van der Waals surface area contributed by atoms with Gasteiger partial charge in [-0.1, -0.05) is 29.8 Å². The van der Waals surface area contributed by atoms with Crippen molar-refractivity contribution >= 4 is 11.6 Å².